The SMILES string of the molecule is COc1cc(Br)c([C@@H]2OC(=O)[C@@H](C)[C@H]2C)cc1O. The van der Waals surface area contributed by atoms with E-state index in [-0.39, 0.29) is 29.7 Å². The zero-order valence-corrected chi connectivity index (χ0v) is 12.0. The summed E-state index contributed by atoms with van der Waals surface area (Å²) in [6, 6.07) is 3.25. The maximum atomic E-state index is 11.6. The molecule has 18 heavy (non-hydrogen) atoms. The lowest BCUT2D eigenvalue weighted by Crippen LogP contribution is -2.10. The van der Waals surface area contributed by atoms with E-state index in [2.05, 4.69) is 15.9 Å². The smallest absolute Gasteiger partial charge is 0.309 e. The van der Waals surface area contributed by atoms with E-state index in [4.69, 9.17) is 9.47 Å². The highest BCUT2D eigenvalue weighted by Gasteiger charge is 2.40. The van der Waals surface area contributed by atoms with Gasteiger partial charge in [0.15, 0.2) is 11.5 Å². The van der Waals surface area contributed by atoms with Gasteiger partial charge in [-0.2, -0.15) is 0 Å². The van der Waals surface area contributed by atoms with Gasteiger partial charge in [-0.15, -0.1) is 0 Å². The molecule has 1 saturated heterocycles. The van der Waals surface area contributed by atoms with Crippen molar-refractivity contribution in [2.75, 3.05) is 7.11 Å². The first kappa shape index (κ1) is 13.2. The number of hydrogen-bond donors (Lipinski definition) is 1. The molecule has 1 aliphatic heterocycles. The van der Waals surface area contributed by atoms with Crippen molar-refractivity contribution >= 4 is 21.9 Å². The van der Waals surface area contributed by atoms with Crippen LogP contribution in [-0.4, -0.2) is 18.2 Å². The number of esters is 1. The first-order valence-electron chi connectivity index (χ1n) is 5.72. The Morgan fingerprint density at radius 2 is 2.06 bits per heavy atom. The molecule has 0 spiro atoms. The Kier molecular flexibility index (Phi) is 3.52. The number of halogens is 1. The summed E-state index contributed by atoms with van der Waals surface area (Å²) in [4.78, 5) is 11.6. The highest BCUT2D eigenvalue weighted by molar-refractivity contribution is 9.10. The first-order chi connectivity index (χ1) is 8.45. The number of phenolic OH excluding ortho intramolecular Hbond substituents is 1. The number of carbonyl (C=O) groups is 1. The van der Waals surface area contributed by atoms with E-state index in [1.807, 2.05) is 13.8 Å². The minimum atomic E-state index is -0.335. The van der Waals surface area contributed by atoms with E-state index in [1.54, 1.807) is 12.1 Å². The Bertz CT molecular complexity index is 486. The molecule has 1 aromatic rings. The third kappa shape index (κ3) is 2.07. The molecule has 1 aliphatic rings. The maximum Gasteiger partial charge on any atom is 0.309 e. The van der Waals surface area contributed by atoms with Crippen molar-refractivity contribution in [1.29, 1.82) is 0 Å². The van der Waals surface area contributed by atoms with Gasteiger partial charge in [-0.05, 0) is 12.1 Å². The van der Waals surface area contributed by atoms with Crippen molar-refractivity contribution in [3.63, 3.8) is 0 Å². The molecule has 0 saturated carbocycles. The van der Waals surface area contributed by atoms with E-state index < -0.39 is 0 Å². The van der Waals surface area contributed by atoms with Crippen LogP contribution in [0.5, 0.6) is 11.5 Å². The van der Waals surface area contributed by atoms with Gasteiger partial charge < -0.3 is 14.6 Å². The molecule has 0 amide bonds. The number of methoxy groups -OCH3 is 1. The van der Waals surface area contributed by atoms with E-state index >= 15 is 0 Å². The van der Waals surface area contributed by atoms with Gasteiger partial charge in [-0.1, -0.05) is 29.8 Å². The van der Waals surface area contributed by atoms with Crippen LogP contribution in [0.15, 0.2) is 16.6 Å². The van der Waals surface area contributed by atoms with Crippen LogP contribution >= 0.6 is 15.9 Å². The Morgan fingerprint density at radius 1 is 1.39 bits per heavy atom. The van der Waals surface area contributed by atoms with Gasteiger partial charge in [0.05, 0.1) is 13.0 Å². The normalized spacial score (nSPS) is 27.1. The summed E-state index contributed by atoms with van der Waals surface area (Å²) in [5.74, 6) is 0.164. The summed E-state index contributed by atoms with van der Waals surface area (Å²) >= 11 is 3.42. The Labute approximate surface area is 114 Å². The number of hydrogen-bond acceptors (Lipinski definition) is 4. The van der Waals surface area contributed by atoms with Gasteiger partial charge in [0, 0.05) is 16.0 Å². The van der Waals surface area contributed by atoms with Crippen LogP contribution in [0.3, 0.4) is 0 Å². The van der Waals surface area contributed by atoms with Crippen LogP contribution in [0.2, 0.25) is 0 Å². The predicted molar refractivity (Wildman–Crippen MR) is 69.5 cm³/mol. The molecule has 0 aromatic heterocycles. The molecular formula is C13H15BrO4. The maximum absolute atomic E-state index is 11.6. The monoisotopic (exact) mass is 314 g/mol. The number of cyclic esters (lactones) is 1. The summed E-state index contributed by atoms with van der Waals surface area (Å²) in [7, 11) is 1.49. The Hall–Kier alpha value is -1.23. The minimum Gasteiger partial charge on any atom is -0.504 e. The lowest BCUT2D eigenvalue weighted by atomic mass is 9.90. The van der Waals surface area contributed by atoms with Crippen molar-refractivity contribution < 1.29 is 19.4 Å². The average Bonchev–Trinajstić information content (AvgIpc) is 2.59. The second-order valence-electron chi connectivity index (χ2n) is 4.55. The van der Waals surface area contributed by atoms with Gasteiger partial charge in [0.2, 0.25) is 0 Å². The standard InChI is InChI=1S/C13H15BrO4/c1-6-7(2)13(16)18-12(6)8-4-10(15)11(17-3)5-9(8)14/h4-7,12,15H,1-3H3/t6-,7+,12-/m1/s1. The molecule has 0 unspecified atom stereocenters. The minimum absolute atomic E-state index is 0.0403. The number of benzene rings is 1. The van der Waals surface area contributed by atoms with E-state index in [9.17, 15) is 9.90 Å². The quantitative estimate of drug-likeness (QED) is 0.852. The number of ether oxygens (including phenoxy) is 2. The molecule has 1 heterocycles. The number of carbonyl (C=O) groups excluding carboxylic acids is 1. The van der Waals surface area contributed by atoms with Crippen LogP contribution in [0.4, 0.5) is 0 Å². The Morgan fingerprint density at radius 3 is 2.56 bits per heavy atom. The zero-order chi connectivity index (χ0) is 13.4. The highest BCUT2D eigenvalue weighted by atomic mass is 79.9. The van der Waals surface area contributed by atoms with Crippen molar-refractivity contribution in [3.05, 3.63) is 22.2 Å². The van der Waals surface area contributed by atoms with Crippen molar-refractivity contribution in [1.82, 2.24) is 0 Å². The molecular weight excluding hydrogens is 300 g/mol. The zero-order valence-electron chi connectivity index (χ0n) is 10.4. The van der Waals surface area contributed by atoms with E-state index in [1.165, 1.54) is 7.11 Å². The molecule has 0 bridgehead atoms. The molecule has 3 atom stereocenters. The van der Waals surface area contributed by atoms with Crippen LogP contribution < -0.4 is 4.74 Å². The summed E-state index contributed by atoms with van der Waals surface area (Å²) in [5, 5.41) is 9.81. The van der Waals surface area contributed by atoms with Crippen LogP contribution in [0.1, 0.15) is 25.5 Å². The van der Waals surface area contributed by atoms with Crippen molar-refractivity contribution in [3.8, 4) is 11.5 Å². The van der Waals surface area contributed by atoms with Crippen LogP contribution in [0.25, 0.3) is 0 Å². The summed E-state index contributed by atoms with van der Waals surface area (Å²) in [6.45, 7) is 3.82. The number of aromatic hydroxyl groups is 1. The lowest BCUT2D eigenvalue weighted by Gasteiger charge is -2.18. The lowest BCUT2D eigenvalue weighted by molar-refractivity contribution is -0.144. The third-order valence-corrected chi connectivity index (χ3v) is 4.17. The third-order valence-electron chi connectivity index (χ3n) is 3.49. The van der Waals surface area contributed by atoms with Crippen molar-refractivity contribution in [2.45, 2.75) is 20.0 Å². The number of rotatable bonds is 2. The van der Waals surface area contributed by atoms with Gasteiger partial charge in [-0.3, -0.25) is 4.79 Å². The topological polar surface area (TPSA) is 55.8 Å². The molecule has 1 fully saturated rings. The predicted octanol–water partition coefficient (Wildman–Crippen LogP) is 3.03. The summed E-state index contributed by atoms with van der Waals surface area (Å²) < 4.78 is 11.1. The molecule has 5 heteroatoms. The van der Waals surface area contributed by atoms with Gasteiger partial charge in [-0.25, -0.2) is 0 Å². The van der Waals surface area contributed by atoms with Crippen LogP contribution in [0, 0.1) is 11.8 Å². The van der Waals surface area contributed by atoms with E-state index in [0.29, 0.717) is 5.75 Å². The summed E-state index contributed by atoms with van der Waals surface area (Å²) in [5.41, 5.74) is 0.763. The molecule has 1 aromatic carbocycles. The fourth-order valence-electron chi connectivity index (χ4n) is 2.10. The fourth-order valence-corrected chi connectivity index (χ4v) is 2.65. The Balaban J connectivity index is 2.40. The molecule has 2 rings (SSSR count). The molecule has 1 N–H and O–H groups in total. The average molecular weight is 315 g/mol. The number of phenols is 1. The first-order valence-corrected chi connectivity index (χ1v) is 6.52. The molecule has 0 radical (unpaired) electrons. The van der Waals surface area contributed by atoms with Gasteiger partial charge in [0.25, 0.3) is 0 Å². The van der Waals surface area contributed by atoms with E-state index in [0.717, 1.165) is 10.0 Å². The second-order valence-corrected chi connectivity index (χ2v) is 5.41. The van der Waals surface area contributed by atoms with Crippen molar-refractivity contribution in [2.24, 2.45) is 11.8 Å². The summed E-state index contributed by atoms with van der Waals surface area (Å²) in [6.07, 6.45) is -0.335. The molecule has 0 aliphatic carbocycles. The van der Waals surface area contributed by atoms with Crippen LogP contribution in [-0.2, 0) is 9.53 Å². The molecule has 98 valence electrons. The highest BCUT2D eigenvalue weighted by Crippen LogP contribution is 2.44. The van der Waals surface area contributed by atoms with Gasteiger partial charge in [0.1, 0.15) is 6.10 Å². The fraction of sp³-hybridized carbons (Fsp3) is 0.462. The largest absolute Gasteiger partial charge is 0.504 e. The second kappa shape index (κ2) is 4.80. The van der Waals surface area contributed by atoms with Gasteiger partial charge >= 0.3 is 5.97 Å². The molecule has 4 nitrogen and oxygen atoms in total.